The molecule has 0 atom stereocenters. The molecule has 2 rings (SSSR count). The van der Waals surface area contributed by atoms with Crippen molar-refractivity contribution in [3.8, 4) is 0 Å². The summed E-state index contributed by atoms with van der Waals surface area (Å²) in [6.07, 6.45) is 0. The van der Waals surface area contributed by atoms with Gasteiger partial charge in [-0.3, -0.25) is 5.43 Å². The van der Waals surface area contributed by atoms with Crippen molar-refractivity contribution in [1.82, 2.24) is 5.48 Å². The van der Waals surface area contributed by atoms with Gasteiger partial charge in [0.15, 0.2) is 0 Å². The largest absolute Gasteiger partial charge is 0.367 e. The van der Waals surface area contributed by atoms with Crippen LogP contribution in [0.15, 0.2) is 64.6 Å². The van der Waals surface area contributed by atoms with Gasteiger partial charge in [-0.15, -0.1) is 9.39 Å². The molecule has 0 aliphatic rings. The van der Waals surface area contributed by atoms with Gasteiger partial charge in [0.05, 0.1) is 10.6 Å². The molecule has 2 aromatic carbocycles. The number of anilines is 1. The number of para-hydroxylation sites is 1. The number of hydrogen-bond acceptors (Lipinski definition) is 5. The highest BCUT2D eigenvalue weighted by Crippen LogP contribution is 2.12. The molecule has 0 aliphatic carbocycles. The summed E-state index contributed by atoms with van der Waals surface area (Å²) >= 11 is 0. The molecule has 0 heterocycles. The normalized spacial score (nSPS) is 12.0. The van der Waals surface area contributed by atoms with Crippen LogP contribution in [0, 0.1) is 6.92 Å². The van der Waals surface area contributed by atoms with Crippen molar-refractivity contribution in [3.63, 3.8) is 0 Å². The van der Waals surface area contributed by atoms with Crippen molar-refractivity contribution < 1.29 is 12.7 Å². The minimum atomic E-state index is -3.95. The molecule has 116 valence electrons. The zero-order chi connectivity index (χ0) is 16.0. The first-order chi connectivity index (χ1) is 10.5. The van der Waals surface area contributed by atoms with E-state index in [0.717, 1.165) is 5.56 Å². The van der Waals surface area contributed by atoms with E-state index in [1.165, 1.54) is 12.1 Å². The van der Waals surface area contributed by atoms with E-state index in [0.29, 0.717) is 5.69 Å². The Bertz CT molecular complexity index is 743. The van der Waals surface area contributed by atoms with Crippen molar-refractivity contribution in [1.29, 1.82) is 0 Å². The summed E-state index contributed by atoms with van der Waals surface area (Å²) in [6, 6.07) is 15.3. The number of nitrogens with two attached hydrogens (primary N) is 1. The Morgan fingerprint density at radius 1 is 1.09 bits per heavy atom. The number of rotatable bonds is 5. The number of hydrogen-bond donors (Lipinski definition) is 3. The molecule has 0 saturated heterocycles. The third-order valence-corrected chi connectivity index (χ3v) is 3.80. The summed E-state index contributed by atoms with van der Waals surface area (Å²) < 4.78 is 28.4. The fourth-order valence-electron chi connectivity index (χ4n) is 1.51. The van der Waals surface area contributed by atoms with Gasteiger partial charge in [0.2, 0.25) is 5.96 Å². The highest BCUT2D eigenvalue weighted by molar-refractivity contribution is 7.86. The predicted octanol–water partition coefficient (Wildman–Crippen LogP) is 1.55. The van der Waals surface area contributed by atoms with E-state index in [9.17, 15) is 8.42 Å². The van der Waals surface area contributed by atoms with Gasteiger partial charge < -0.3 is 5.73 Å². The molecular formula is C14H16N4O3S. The van der Waals surface area contributed by atoms with E-state index in [-0.39, 0.29) is 10.9 Å². The first kappa shape index (κ1) is 15.8. The van der Waals surface area contributed by atoms with E-state index in [1.807, 2.05) is 25.1 Å². The second kappa shape index (κ2) is 6.92. The Hall–Kier alpha value is -2.58. The second-order valence-corrected chi connectivity index (χ2v) is 5.97. The minimum absolute atomic E-state index is 0.0226. The lowest BCUT2D eigenvalue weighted by Gasteiger charge is -2.07. The Kier molecular flexibility index (Phi) is 4.97. The average Bonchev–Trinajstić information content (AvgIpc) is 2.52. The summed E-state index contributed by atoms with van der Waals surface area (Å²) in [4.78, 5) is 0.0226. The number of nitrogens with zero attached hydrogens (tertiary/aromatic N) is 1. The number of guanidine groups is 1. The third-order valence-electron chi connectivity index (χ3n) is 2.64. The summed E-state index contributed by atoms with van der Waals surface area (Å²) in [5.41, 5.74) is 11.9. The van der Waals surface area contributed by atoms with Crippen LogP contribution >= 0.6 is 0 Å². The smallest absolute Gasteiger partial charge is 0.317 e. The molecule has 22 heavy (non-hydrogen) atoms. The maximum absolute atomic E-state index is 11.9. The monoisotopic (exact) mass is 320 g/mol. The van der Waals surface area contributed by atoms with E-state index in [2.05, 4.69) is 20.3 Å². The predicted molar refractivity (Wildman–Crippen MR) is 84.3 cm³/mol. The zero-order valence-electron chi connectivity index (χ0n) is 11.9. The Balaban J connectivity index is 1.95. The van der Waals surface area contributed by atoms with Crippen molar-refractivity contribution in [2.75, 3.05) is 5.43 Å². The lowest BCUT2D eigenvalue weighted by atomic mass is 10.2. The van der Waals surface area contributed by atoms with E-state index >= 15 is 0 Å². The number of hydrazone groups is 1. The van der Waals surface area contributed by atoms with Gasteiger partial charge in [-0.05, 0) is 31.2 Å². The molecule has 0 spiro atoms. The van der Waals surface area contributed by atoms with Crippen LogP contribution in [0.1, 0.15) is 5.56 Å². The summed E-state index contributed by atoms with van der Waals surface area (Å²) in [5.74, 6) is -0.223. The van der Waals surface area contributed by atoms with Crippen molar-refractivity contribution in [2.45, 2.75) is 11.8 Å². The Labute approximate surface area is 128 Å². The average molecular weight is 320 g/mol. The van der Waals surface area contributed by atoms with Crippen molar-refractivity contribution in [3.05, 3.63) is 60.2 Å². The maximum Gasteiger partial charge on any atom is 0.317 e. The number of aryl methyl sites for hydroxylation is 1. The molecule has 0 aromatic heterocycles. The lowest BCUT2D eigenvalue weighted by Crippen LogP contribution is -2.34. The quantitative estimate of drug-likeness (QED) is 0.438. The number of hydroxylamine groups is 1. The molecule has 0 aliphatic heterocycles. The highest BCUT2D eigenvalue weighted by Gasteiger charge is 2.15. The molecule has 2 aromatic rings. The zero-order valence-corrected chi connectivity index (χ0v) is 12.7. The van der Waals surface area contributed by atoms with Crippen LogP contribution in [0.3, 0.4) is 0 Å². The molecule has 0 saturated carbocycles. The molecule has 0 unspecified atom stereocenters. The molecule has 0 bridgehead atoms. The van der Waals surface area contributed by atoms with Gasteiger partial charge in [-0.25, -0.2) is 5.48 Å². The number of nitrogens with one attached hydrogen (secondary N) is 2. The highest BCUT2D eigenvalue weighted by atomic mass is 32.2. The summed E-state index contributed by atoms with van der Waals surface area (Å²) in [6.45, 7) is 1.86. The Morgan fingerprint density at radius 3 is 2.36 bits per heavy atom. The number of benzene rings is 2. The van der Waals surface area contributed by atoms with Gasteiger partial charge in [0, 0.05) is 0 Å². The van der Waals surface area contributed by atoms with Crippen LogP contribution in [0.2, 0.25) is 0 Å². The Morgan fingerprint density at radius 2 is 1.73 bits per heavy atom. The van der Waals surface area contributed by atoms with Crippen LogP contribution in [-0.2, 0) is 14.4 Å². The fourth-order valence-corrected chi connectivity index (χ4v) is 2.27. The van der Waals surface area contributed by atoms with Gasteiger partial charge in [-0.1, -0.05) is 35.9 Å². The van der Waals surface area contributed by atoms with Gasteiger partial charge in [0.1, 0.15) is 0 Å². The SMILES string of the molecule is Cc1ccc(S(=O)(=O)ONC(N)=NNc2ccccc2)cc1. The molecule has 0 radical (unpaired) electrons. The van der Waals surface area contributed by atoms with Crippen LogP contribution in [0.25, 0.3) is 0 Å². The van der Waals surface area contributed by atoms with Crippen LogP contribution < -0.4 is 16.6 Å². The summed E-state index contributed by atoms with van der Waals surface area (Å²) in [5, 5.41) is 3.75. The molecule has 0 amide bonds. The van der Waals surface area contributed by atoms with E-state index < -0.39 is 10.1 Å². The molecule has 7 nitrogen and oxygen atoms in total. The van der Waals surface area contributed by atoms with Crippen LogP contribution in [-0.4, -0.2) is 14.4 Å². The first-order valence-corrected chi connectivity index (χ1v) is 7.78. The molecule has 0 fully saturated rings. The van der Waals surface area contributed by atoms with Gasteiger partial charge in [0.25, 0.3) is 0 Å². The maximum atomic E-state index is 11.9. The minimum Gasteiger partial charge on any atom is -0.367 e. The standard InChI is InChI=1S/C14H16N4O3S/c1-11-7-9-13(10-8-11)22(19,20)21-18-14(15)17-16-12-5-3-2-4-6-12/h2-10,16H,1H3,(H3,15,17,18). The van der Waals surface area contributed by atoms with E-state index in [1.54, 1.807) is 24.3 Å². The van der Waals surface area contributed by atoms with Crippen LogP contribution in [0.5, 0.6) is 0 Å². The third kappa shape index (κ3) is 4.47. The van der Waals surface area contributed by atoms with E-state index in [4.69, 9.17) is 5.73 Å². The summed E-state index contributed by atoms with van der Waals surface area (Å²) in [7, 11) is -3.95. The topological polar surface area (TPSA) is 106 Å². The van der Waals surface area contributed by atoms with Crippen molar-refractivity contribution >= 4 is 21.8 Å². The molecular weight excluding hydrogens is 304 g/mol. The first-order valence-electron chi connectivity index (χ1n) is 6.38. The van der Waals surface area contributed by atoms with Gasteiger partial charge in [-0.2, -0.15) is 8.42 Å². The second-order valence-electron chi connectivity index (χ2n) is 4.43. The van der Waals surface area contributed by atoms with Crippen LogP contribution in [0.4, 0.5) is 5.69 Å². The lowest BCUT2D eigenvalue weighted by molar-refractivity contribution is 0.266. The van der Waals surface area contributed by atoms with Gasteiger partial charge >= 0.3 is 10.1 Å². The molecule has 4 N–H and O–H groups in total. The fraction of sp³-hybridized carbons (Fsp3) is 0.0714. The molecule has 8 heteroatoms. The van der Waals surface area contributed by atoms with Crippen molar-refractivity contribution in [2.24, 2.45) is 10.8 Å².